The number of hydrogen-bond acceptors (Lipinski definition) is 3. The zero-order valence-corrected chi connectivity index (χ0v) is 10.4. The van der Waals surface area contributed by atoms with E-state index in [9.17, 15) is 4.79 Å². The third-order valence-corrected chi connectivity index (χ3v) is 2.73. The van der Waals surface area contributed by atoms with Crippen molar-refractivity contribution in [2.75, 3.05) is 13.2 Å². The summed E-state index contributed by atoms with van der Waals surface area (Å²) >= 11 is 0. The highest BCUT2D eigenvalue weighted by Gasteiger charge is 2.08. The first-order valence-corrected chi connectivity index (χ1v) is 6.01. The average Bonchev–Trinajstić information content (AvgIpc) is 2.73. The molecule has 2 rings (SSSR count). The summed E-state index contributed by atoms with van der Waals surface area (Å²) < 4.78 is 1.92. The molecule has 2 aromatic heterocycles. The fraction of sp³-hybridized carbons (Fsp3) is 0.385. The summed E-state index contributed by atoms with van der Waals surface area (Å²) in [6.07, 6.45) is 4.64. The number of aliphatic hydroxyl groups is 1. The number of aryl methyl sites for hydroxylation is 1. The third kappa shape index (κ3) is 2.87. The number of nitrogens with one attached hydrogen (secondary N) is 1. The molecule has 0 saturated carbocycles. The summed E-state index contributed by atoms with van der Waals surface area (Å²) in [6, 6.07) is 3.95. The Morgan fingerprint density at radius 1 is 1.56 bits per heavy atom. The minimum Gasteiger partial charge on any atom is -0.396 e. The lowest BCUT2D eigenvalue weighted by Gasteiger charge is -2.01. The van der Waals surface area contributed by atoms with Gasteiger partial charge in [0, 0.05) is 25.5 Å². The van der Waals surface area contributed by atoms with Gasteiger partial charge in [0.25, 0.3) is 0 Å². The number of aromatic nitrogens is 2. The molecule has 0 spiro atoms. The topological polar surface area (TPSA) is 66.6 Å². The van der Waals surface area contributed by atoms with Crippen molar-refractivity contribution in [1.29, 1.82) is 0 Å². The first-order valence-electron chi connectivity index (χ1n) is 6.01. The van der Waals surface area contributed by atoms with Gasteiger partial charge in [-0.05, 0) is 25.0 Å². The molecule has 0 aliphatic carbocycles. The van der Waals surface area contributed by atoms with E-state index in [2.05, 4.69) is 10.3 Å². The van der Waals surface area contributed by atoms with E-state index >= 15 is 0 Å². The van der Waals surface area contributed by atoms with Crippen molar-refractivity contribution in [3.8, 4) is 0 Å². The molecule has 96 valence electrons. The van der Waals surface area contributed by atoms with Gasteiger partial charge in [-0.2, -0.15) is 0 Å². The van der Waals surface area contributed by atoms with Crippen LogP contribution in [0.5, 0.6) is 0 Å². The maximum absolute atomic E-state index is 11.6. The van der Waals surface area contributed by atoms with E-state index in [0.717, 1.165) is 16.9 Å². The molecule has 2 aromatic rings. The third-order valence-electron chi connectivity index (χ3n) is 2.73. The van der Waals surface area contributed by atoms with Crippen molar-refractivity contribution in [3.63, 3.8) is 0 Å². The average molecular weight is 247 g/mol. The van der Waals surface area contributed by atoms with Crippen molar-refractivity contribution in [1.82, 2.24) is 14.7 Å². The van der Waals surface area contributed by atoms with Crippen molar-refractivity contribution >= 4 is 11.6 Å². The van der Waals surface area contributed by atoms with Crippen LogP contribution in [-0.2, 0) is 11.2 Å². The van der Waals surface area contributed by atoms with Crippen LogP contribution in [0.4, 0.5) is 0 Å². The van der Waals surface area contributed by atoms with Crippen molar-refractivity contribution in [2.45, 2.75) is 19.8 Å². The second-order valence-electron chi connectivity index (χ2n) is 4.26. The van der Waals surface area contributed by atoms with Crippen molar-refractivity contribution in [2.24, 2.45) is 0 Å². The van der Waals surface area contributed by atoms with E-state index in [0.29, 0.717) is 13.0 Å². The van der Waals surface area contributed by atoms with Gasteiger partial charge in [-0.15, -0.1) is 0 Å². The molecule has 0 unspecified atom stereocenters. The van der Waals surface area contributed by atoms with Crippen LogP contribution in [0.1, 0.15) is 17.7 Å². The van der Waals surface area contributed by atoms with Crippen molar-refractivity contribution < 1.29 is 9.90 Å². The Kier molecular flexibility index (Phi) is 3.94. The Bertz CT molecular complexity index is 548. The smallest absolute Gasteiger partial charge is 0.226 e. The second-order valence-corrected chi connectivity index (χ2v) is 4.26. The normalized spacial score (nSPS) is 10.8. The van der Waals surface area contributed by atoms with Crippen LogP contribution >= 0.6 is 0 Å². The van der Waals surface area contributed by atoms with Crippen LogP contribution in [0.15, 0.2) is 24.5 Å². The quantitative estimate of drug-likeness (QED) is 0.764. The lowest BCUT2D eigenvalue weighted by Crippen LogP contribution is -2.26. The van der Waals surface area contributed by atoms with Gasteiger partial charge >= 0.3 is 0 Å². The van der Waals surface area contributed by atoms with E-state index in [-0.39, 0.29) is 18.9 Å². The molecule has 0 radical (unpaired) electrons. The molecule has 0 aromatic carbocycles. The number of nitrogens with zero attached hydrogens (tertiary/aromatic N) is 2. The molecule has 5 nitrogen and oxygen atoms in total. The standard InChI is InChI=1S/C13H17N3O2/c1-10-4-2-6-16-9-11(15-13(10)16)8-12(18)14-5-3-7-17/h2,4,6,9,17H,3,5,7-8H2,1H3,(H,14,18). The molecule has 0 fully saturated rings. The summed E-state index contributed by atoms with van der Waals surface area (Å²) in [6.45, 7) is 2.59. The maximum atomic E-state index is 11.6. The zero-order chi connectivity index (χ0) is 13.0. The predicted molar refractivity (Wildman–Crippen MR) is 68.3 cm³/mol. The number of aliphatic hydroxyl groups excluding tert-OH is 1. The first-order chi connectivity index (χ1) is 8.70. The molecule has 0 saturated heterocycles. The van der Waals surface area contributed by atoms with Gasteiger partial charge in [0.05, 0.1) is 12.1 Å². The highest BCUT2D eigenvalue weighted by atomic mass is 16.3. The number of fused-ring (bicyclic) bond motifs is 1. The van der Waals surface area contributed by atoms with E-state index in [1.807, 2.05) is 35.9 Å². The van der Waals surface area contributed by atoms with Gasteiger partial charge in [0.2, 0.25) is 5.91 Å². The van der Waals surface area contributed by atoms with Crippen LogP contribution in [-0.4, -0.2) is 33.6 Å². The predicted octanol–water partition coefficient (Wildman–Crippen LogP) is 0.684. The molecule has 1 amide bonds. The molecular formula is C13H17N3O2. The van der Waals surface area contributed by atoms with Crippen LogP contribution < -0.4 is 5.32 Å². The molecule has 0 aliphatic rings. The fourth-order valence-electron chi connectivity index (χ4n) is 1.82. The Hall–Kier alpha value is -1.88. The van der Waals surface area contributed by atoms with E-state index in [4.69, 9.17) is 5.11 Å². The van der Waals surface area contributed by atoms with Gasteiger partial charge in [0.1, 0.15) is 5.65 Å². The lowest BCUT2D eigenvalue weighted by molar-refractivity contribution is -0.120. The second kappa shape index (κ2) is 5.64. The SMILES string of the molecule is Cc1cccn2cc(CC(=O)NCCCO)nc12. The molecule has 0 atom stereocenters. The Morgan fingerprint density at radius 3 is 3.11 bits per heavy atom. The number of carbonyl (C=O) groups is 1. The summed E-state index contributed by atoms with van der Waals surface area (Å²) in [4.78, 5) is 16.0. The Balaban J connectivity index is 2.03. The summed E-state index contributed by atoms with van der Waals surface area (Å²) in [5.74, 6) is -0.0653. The Labute approximate surface area is 105 Å². The van der Waals surface area contributed by atoms with Gasteiger partial charge in [-0.3, -0.25) is 4.79 Å². The molecule has 0 aliphatic heterocycles. The largest absolute Gasteiger partial charge is 0.396 e. The Morgan fingerprint density at radius 2 is 2.39 bits per heavy atom. The first kappa shape index (κ1) is 12.6. The molecule has 5 heteroatoms. The minimum atomic E-state index is -0.0653. The van der Waals surface area contributed by atoms with Gasteiger partial charge in [-0.1, -0.05) is 6.07 Å². The highest BCUT2D eigenvalue weighted by Crippen LogP contribution is 2.10. The van der Waals surface area contributed by atoms with Gasteiger partial charge in [0.15, 0.2) is 0 Å². The van der Waals surface area contributed by atoms with Crippen LogP contribution in [0.2, 0.25) is 0 Å². The summed E-state index contributed by atoms with van der Waals surface area (Å²) in [5.41, 5.74) is 2.73. The minimum absolute atomic E-state index is 0.0653. The summed E-state index contributed by atoms with van der Waals surface area (Å²) in [5, 5.41) is 11.4. The molecule has 18 heavy (non-hydrogen) atoms. The van der Waals surface area contributed by atoms with Crippen LogP contribution in [0.3, 0.4) is 0 Å². The fourth-order valence-corrected chi connectivity index (χ4v) is 1.82. The van der Waals surface area contributed by atoms with Gasteiger partial charge in [-0.25, -0.2) is 4.98 Å². The number of imidazole rings is 1. The van der Waals surface area contributed by atoms with Gasteiger partial charge < -0.3 is 14.8 Å². The number of pyridine rings is 1. The van der Waals surface area contributed by atoms with E-state index < -0.39 is 0 Å². The monoisotopic (exact) mass is 247 g/mol. The van der Waals surface area contributed by atoms with E-state index in [1.165, 1.54) is 0 Å². The van der Waals surface area contributed by atoms with Crippen molar-refractivity contribution in [3.05, 3.63) is 35.8 Å². The number of amides is 1. The molecule has 2 heterocycles. The lowest BCUT2D eigenvalue weighted by atomic mass is 10.3. The molecular weight excluding hydrogens is 230 g/mol. The number of hydrogen-bond donors (Lipinski definition) is 2. The molecule has 0 bridgehead atoms. The van der Waals surface area contributed by atoms with Crippen LogP contribution in [0, 0.1) is 6.92 Å². The highest BCUT2D eigenvalue weighted by molar-refractivity contribution is 5.78. The summed E-state index contributed by atoms with van der Waals surface area (Å²) in [7, 11) is 0. The zero-order valence-electron chi connectivity index (χ0n) is 10.4. The maximum Gasteiger partial charge on any atom is 0.226 e. The number of carbonyl (C=O) groups excluding carboxylic acids is 1. The van der Waals surface area contributed by atoms with Crippen LogP contribution in [0.25, 0.3) is 5.65 Å². The number of rotatable bonds is 5. The van der Waals surface area contributed by atoms with E-state index in [1.54, 1.807) is 0 Å². The molecule has 2 N–H and O–H groups in total.